The summed E-state index contributed by atoms with van der Waals surface area (Å²) in [7, 11) is 0. The van der Waals surface area contributed by atoms with Gasteiger partial charge >= 0.3 is 0 Å². The maximum Gasteiger partial charge on any atom is 0.254 e. The van der Waals surface area contributed by atoms with Crippen molar-refractivity contribution in [2.24, 2.45) is 0 Å². The summed E-state index contributed by atoms with van der Waals surface area (Å²) in [5.41, 5.74) is 0.547. The van der Waals surface area contributed by atoms with Crippen LogP contribution < -0.4 is 5.32 Å². The summed E-state index contributed by atoms with van der Waals surface area (Å²) in [5, 5.41) is 2.54. The van der Waals surface area contributed by atoms with Crippen LogP contribution in [0.15, 0.2) is 42.5 Å². The molecular weight excluding hydrogens is 350 g/mol. The minimum absolute atomic E-state index is 0.100. The number of nitrogens with one attached hydrogen (secondary N) is 1. The van der Waals surface area contributed by atoms with Crippen LogP contribution in [0.5, 0.6) is 0 Å². The molecule has 7 heteroatoms. The van der Waals surface area contributed by atoms with E-state index in [1.807, 2.05) is 0 Å². The van der Waals surface area contributed by atoms with Crippen LogP contribution in [0.2, 0.25) is 5.02 Å². The standard InChI is InChI=1S/C18H15ClF2N2O2/c19-14-10-13(6-7-15(14)21)22-17(24)16-5-2-8-23(16)18(25)11-3-1-4-12(20)9-11/h1,3-4,6-7,9-10,16H,2,5,8H2,(H,22,24). The monoisotopic (exact) mass is 364 g/mol. The average molecular weight is 365 g/mol. The largest absolute Gasteiger partial charge is 0.327 e. The molecule has 1 atom stereocenters. The summed E-state index contributed by atoms with van der Waals surface area (Å²) in [4.78, 5) is 26.5. The van der Waals surface area contributed by atoms with E-state index in [-0.39, 0.29) is 16.5 Å². The molecule has 130 valence electrons. The van der Waals surface area contributed by atoms with Gasteiger partial charge in [-0.15, -0.1) is 0 Å². The van der Waals surface area contributed by atoms with Crippen molar-refractivity contribution < 1.29 is 18.4 Å². The Hall–Kier alpha value is -2.47. The molecule has 1 fully saturated rings. The lowest BCUT2D eigenvalue weighted by atomic mass is 10.1. The first kappa shape index (κ1) is 17.4. The molecule has 0 bridgehead atoms. The molecule has 1 saturated heterocycles. The fourth-order valence-corrected chi connectivity index (χ4v) is 3.05. The molecule has 0 aromatic heterocycles. The third-order valence-electron chi connectivity index (χ3n) is 4.08. The Balaban J connectivity index is 1.75. The Kier molecular flexibility index (Phi) is 4.99. The summed E-state index contributed by atoms with van der Waals surface area (Å²) in [6, 6.07) is 8.56. The molecular formula is C18H15ClF2N2O2. The third-order valence-corrected chi connectivity index (χ3v) is 4.36. The quantitative estimate of drug-likeness (QED) is 0.899. The first-order valence-electron chi connectivity index (χ1n) is 7.78. The molecule has 1 unspecified atom stereocenters. The van der Waals surface area contributed by atoms with E-state index in [9.17, 15) is 18.4 Å². The maximum absolute atomic E-state index is 13.3. The number of anilines is 1. The second-order valence-electron chi connectivity index (χ2n) is 5.79. The highest BCUT2D eigenvalue weighted by Crippen LogP contribution is 2.24. The van der Waals surface area contributed by atoms with Crippen molar-refractivity contribution in [3.05, 3.63) is 64.7 Å². The van der Waals surface area contributed by atoms with Crippen molar-refractivity contribution in [1.29, 1.82) is 0 Å². The highest BCUT2D eigenvalue weighted by molar-refractivity contribution is 6.31. The molecule has 2 aromatic carbocycles. The number of amides is 2. The second-order valence-corrected chi connectivity index (χ2v) is 6.19. The maximum atomic E-state index is 13.3. The molecule has 0 saturated carbocycles. The zero-order chi connectivity index (χ0) is 18.0. The van der Waals surface area contributed by atoms with Crippen LogP contribution in [-0.4, -0.2) is 29.3 Å². The lowest BCUT2D eigenvalue weighted by molar-refractivity contribution is -0.119. The Bertz CT molecular complexity index is 828. The van der Waals surface area contributed by atoms with E-state index in [0.29, 0.717) is 25.1 Å². The van der Waals surface area contributed by atoms with Gasteiger partial charge in [0.05, 0.1) is 5.02 Å². The summed E-state index contributed by atoms with van der Waals surface area (Å²) in [6.07, 6.45) is 1.17. The summed E-state index contributed by atoms with van der Waals surface area (Å²) >= 11 is 5.70. The van der Waals surface area contributed by atoms with Crippen LogP contribution in [0.25, 0.3) is 0 Å². The Morgan fingerprint density at radius 3 is 2.68 bits per heavy atom. The number of hydrogen-bond acceptors (Lipinski definition) is 2. The topological polar surface area (TPSA) is 49.4 Å². The fraction of sp³-hybridized carbons (Fsp3) is 0.222. The first-order valence-corrected chi connectivity index (χ1v) is 8.16. The van der Waals surface area contributed by atoms with Crippen molar-refractivity contribution in [3.63, 3.8) is 0 Å². The van der Waals surface area contributed by atoms with Gasteiger partial charge in [0.25, 0.3) is 5.91 Å². The zero-order valence-electron chi connectivity index (χ0n) is 13.1. The molecule has 1 N–H and O–H groups in total. The van der Waals surface area contributed by atoms with E-state index in [1.165, 1.54) is 35.2 Å². The van der Waals surface area contributed by atoms with Crippen LogP contribution in [0, 0.1) is 11.6 Å². The lowest BCUT2D eigenvalue weighted by Gasteiger charge is -2.24. The van der Waals surface area contributed by atoms with Gasteiger partial charge in [-0.05, 0) is 49.2 Å². The Morgan fingerprint density at radius 1 is 1.16 bits per heavy atom. The van der Waals surface area contributed by atoms with Gasteiger partial charge in [0.1, 0.15) is 17.7 Å². The van der Waals surface area contributed by atoms with Gasteiger partial charge < -0.3 is 10.2 Å². The SMILES string of the molecule is O=C(Nc1ccc(F)c(Cl)c1)C1CCCN1C(=O)c1cccc(F)c1. The van der Waals surface area contributed by atoms with E-state index in [0.717, 1.165) is 12.1 Å². The van der Waals surface area contributed by atoms with Crippen molar-refractivity contribution >= 4 is 29.1 Å². The summed E-state index contributed by atoms with van der Waals surface area (Å²) in [6.45, 7) is 0.414. The van der Waals surface area contributed by atoms with Gasteiger partial charge in [-0.25, -0.2) is 8.78 Å². The van der Waals surface area contributed by atoms with Crippen LogP contribution in [0.1, 0.15) is 23.2 Å². The molecule has 1 aliphatic heterocycles. The normalized spacial score (nSPS) is 16.8. The molecule has 0 spiro atoms. The number of likely N-dealkylation sites (tertiary alicyclic amines) is 1. The molecule has 2 aromatic rings. The molecule has 4 nitrogen and oxygen atoms in total. The molecule has 1 aliphatic rings. The third kappa shape index (κ3) is 3.79. The highest BCUT2D eigenvalue weighted by atomic mass is 35.5. The van der Waals surface area contributed by atoms with Crippen molar-refractivity contribution in [2.75, 3.05) is 11.9 Å². The molecule has 0 radical (unpaired) electrons. The number of nitrogens with zero attached hydrogens (tertiary/aromatic N) is 1. The predicted octanol–water partition coefficient (Wildman–Crippen LogP) is 3.86. The van der Waals surface area contributed by atoms with Crippen molar-refractivity contribution in [2.45, 2.75) is 18.9 Å². The molecule has 25 heavy (non-hydrogen) atoms. The van der Waals surface area contributed by atoms with Gasteiger partial charge in [0, 0.05) is 17.8 Å². The van der Waals surface area contributed by atoms with E-state index >= 15 is 0 Å². The average Bonchev–Trinajstić information content (AvgIpc) is 3.07. The number of benzene rings is 2. The second kappa shape index (κ2) is 7.19. The van der Waals surface area contributed by atoms with E-state index in [4.69, 9.17) is 11.6 Å². The van der Waals surface area contributed by atoms with Crippen LogP contribution in [0.4, 0.5) is 14.5 Å². The molecule has 1 heterocycles. The van der Waals surface area contributed by atoms with E-state index in [2.05, 4.69) is 5.32 Å². The fourth-order valence-electron chi connectivity index (χ4n) is 2.87. The number of halogens is 3. The predicted molar refractivity (Wildman–Crippen MR) is 90.5 cm³/mol. The van der Waals surface area contributed by atoms with E-state index in [1.54, 1.807) is 0 Å². The van der Waals surface area contributed by atoms with Gasteiger partial charge in [-0.3, -0.25) is 9.59 Å². The van der Waals surface area contributed by atoms with Gasteiger partial charge in [0.15, 0.2) is 0 Å². The Labute approximate surface area is 148 Å². The minimum atomic E-state index is -0.667. The minimum Gasteiger partial charge on any atom is -0.327 e. The van der Waals surface area contributed by atoms with Crippen LogP contribution >= 0.6 is 11.6 Å². The smallest absolute Gasteiger partial charge is 0.254 e. The number of rotatable bonds is 3. The number of hydrogen-bond donors (Lipinski definition) is 1. The zero-order valence-corrected chi connectivity index (χ0v) is 13.9. The number of carbonyl (C=O) groups is 2. The van der Waals surface area contributed by atoms with Gasteiger partial charge in [0.2, 0.25) is 5.91 Å². The van der Waals surface area contributed by atoms with E-state index < -0.39 is 23.6 Å². The van der Waals surface area contributed by atoms with Gasteiger partial charge in [-0.2, -0.15) is 0 Å². The van der Waals surface area contributed by atoms with Crippen molar-refractivity contribution in [3.8, 4) is 0 Å². The summed E-state index contributed by atoms with van der Waals surface area (Å²) in [5.74, 6) is -1.87. The molecule has 3 rings (SSSR count). The van der Waals surface area contributed by atoms with Crippen LogP contribution in [0.3, 0.4) is 0 Å². The Morgan fingerprint density at radius 2 is 1.96 bits per heavy atom. The lowest BCUT2D eigenvalue weighted by Crippen LogP contribution is -2.43. The first-order chi connectivity index (χ1) is 12.0. The van der Waals surface area contributed by atoms with Crippen LogP contribution in [-0.2, 0) is 4.79 Å². The highest BCUT2D eigenvalue weighted by Gasteiger charge is 2.34. The summed E-state index contributed by atoms with van der Waals surface area (Å²) < 4.78 is 26.5. The van der Waals surface area contributed by atoms with Gasteiger partial charge in [-0.1, -0.05) is 17.7 Å². The number of carbonyl (C=O) groups excluding carboxylic acids is 2. The van der Waals surface area contributed by atoms with Crippen molar-refractivity contribution in [1.82, 2.24) is 4.90 Å². The molecule has 0 aliphatic carbocycles. The molecule has 2 amide bonds.